The van der Waals surface area contributed by atoms with Gasteiger partial charge >= 0.3 is 0 Å². The largest absolute Gasteiger partial charge is 0.290 e. The predicted molar refractivity (Wildman–Crippen MR) is 88.3 cm³/mol. The zero-order chi connectivity index (χ0) is 17.3. The van der Waals surface area contributed by atoms with Gasteiger partial charge in [0.1, 0.15) is 17.5 Å². The van der Waals surface area contributed by atoms with E-state index in [1.54, 1.807) is 31.5 Å². The highest BCUT2D eigenvalue weighted by atomic mass is 35.5. The van der Waals surface area contributed by atoms with Gasteiger partial charge in [-0.25, -0.2) is 14.4 Å². The fourth-order valence-electron chi connectivity index (χ4n) is 2.12. The van der Waals surface area contributed by atoms with Gasteiger partial charge in [-0.05, 0) is 43.3 Å². The minimum atomic E-state index is -3.92. The normalized spacial score (nSPS) is 11.5. The van der Waals surface area contributed by atoms with Gasteiger partial charge in [0.05, 0.1) is 10.7 Å². The Balaban J connectivity index is 1.99. The minimum absolute atomic E-state index is 0.0129. The first kappa shape index (κ1) is 16.4. The summed E-state index contributed by atoms with van der Waals surface area (Å²) in [6.07, 6.45) is 3.12. The van der Waals surface area contributed by atoms with Gasteiger partial charge in [-0.15, -0.1) is 0 Å². The van der Waals surface area contributed by atoms with Crippen molar-refractivity contribution in [3.8, 4) is 5.82 Å². The topological polar surface area (TPSA) is 76.9 Å². The van der Waals surface area contributed by atoms with Crippen LogP contribution in [0.2, 0.25) is 5.02 Å². The number of rotatable bonds is 4. The number of hydrogen-bond donors (Lipinski definition) is 1. The molecular weight excluding hydrogens is 355 g/mol. The third kappa shape index (κ3) is 3.24. The maximum atomic E-state index is 13.2. The summed E-state index contributed by atoms with van der Waals surface area (Å²) in [7, 11) is -3.92. The first-order valence-electron chi connectivity index (χ1n) is 6.82. The van der Waals surface area contributed by atoms with E-state index in [1.807, 2.05) is 0 Å². The summed E-state index contributed by atoms with van der Waals surface area (Å²) in [4.78, 5) is 8.20. The molecule has 0 saturated carbocycles. The lowest BCUT2D eigenvalue weighted by Gasteiger charge is -2.11. The van der Waals surface area contributed by atoms with Crippen molar-refractivity contribution in [2.45, 2.75) is 11.9 Å². The number of anilines is 1. The average Bonchev–Trinajstić information content (AvgIpc) is 3.01. The Hall–Kier alpha value is -2.45. The lowest BCUT2D eigenvalue weighted by molar-refractivity contribution is 0.594. The van der Waals surface area contributed by atoms with Crippen molar-refractivity contribution in [1.29, 1.82) is 0 Å². The molecule has 0 spiro atoms. The van der Waals surface area contributed by atoms with E-state index in [0.29, 0.717) is 11.6 Å². The van der Waals surface area contributed by atoms with Crippen LogP contribution in [0, 0.1) is 12.7 Å². The van der Waals surface area contributed by atoms with Gasteiger partial charge in [0.2, 0.25) is 0 Å². The molecule has 3 rings (SSSR count). The number of benzene rings is 1. The maximum absolute atomic E-state index is 13.2. The van der Waals surface area contributed by atoms with Crippen LogP contribution in [0.25, 0.3) is 5.82 Å². The third-order valence-electron chi connectivity index (χ3n) is 3.17. The molecule has 0 aliphatic carbocycles. The molecule has 124 valence electrons. The number of halogens is 2. The molecule has 0 atom stereocenters. The zero-order valence-electron chi connectivity index (χ0n) is 12.4. The predicted octanol–water partition coefficient (Wildman–Crippen LogP) is 3.17. The summed E-state index contributed by atoms with van der Waals surface area (Å²) < 4.78 is 42.2. The van der Waals surface area contributed by atoms with Crippen molar-refractivity contribution in [2.24, 2.45) is 0 Å². The Bertz CT molecular complexity index is 1000. The molecule has 0 aliphatic heterocycles. The van der Waals surface area contributed by atoms with Crippen LogP contribution in [0.5, 0.6) is 0 Å². The Labute approximate surface area is 143 Å². The molecule has 3 aromatic rings. The SMILES string of the molecule is Cc1nccc(-n2cccc2S(=O)(=O)Nc2ccc(F)c(Cl)c2)n1. The van der Waals surface area contributed by atoms with E-state index in [2.05, 4.69) is 14.7 Å². The molecule has 0 bridgehead atoms. The third-order valence-corrected chi connectivity index (χ3v) is 4.84. The Morgan fingerprint density at radius 3 is 2.75 bits per heavy atom. The van der Waals surface area contributed by atoms with Crippen molar-refractivity contribution in [3.05, 3.63) is 65.5 Å². The Morgan fingerprint density at radius 2 is 2.04 bits per heavy atom. The first-order chi connectivity index (χ1) is 11.4. The first-order valence-corrected chi connectivity index (χ1v) is 8.68. The van der Waals surface area contributed by atoms with E-state index >= 15 is 0 Å². The van der Waals surface area contributed by atoms with Gasteiger partial charge in [0.15, 0.2) is 5.03 Å². The van der Waals surface area contributed by atoms with Crippen molar-refractivity contribution < 1.29 is 12.8 Å². The Morgan fingerprint density at radius 1 is 1.25 bits per heavy atom. The highest BCUT2D eigenvalue weighted by Gasteiger charge is 2.20. The molecule has 9 heteroatoms. The molecule has 24 heavy (non-hydrogen) atoms. The van der Waals surface area contributed by atoms with E-state index in [0.717, 1.165) is 6.07 Å². The second kappa shape index (κ2) is 6.21. The number of nitrogens with one attached hydrogen (secondary N) is 1. The molecule has 0 saturated heterocycles. The van der Waals surface area contributed by atoms with Crippen LogP contribution in [-0.4, -0.2) is 23.0 Å². The summed E-state index contributed by atoms with van der Waals surface area (Å²) in [6.45, 7) is 1.71. The van der Waals surface area contributed by atoms with Gasteiger partial charge in [-0.2, -0.15) is 8.42 Å². The van der Waals surface area contributed by atoms with E-state index < -0.39 is 15.8 Å². The number of hydrogen-bond acceptors (Lipinski definition) is 4. The van der Waals surface area contributed by atoms with Gasteiger partial charge < -0.3 is 0 Å². The number of aryl methyl sites for hydroxylation is 1. The highest BCUT2D eigenvalue weighted by molar-refractivity contribution is 7.92. The van der Waals surface area contributed by atoms with Gasteiger partial charge in [-0.3, -0.25) is 9.29 Å². The molecule has 0 aliphatic rings. The summed E-state index contributed by atoms with van der Waals surface area (Å²) in [5, 5.41) is -0.182. The fraction of sp³-hybridized carbons (Fsp3) is 0.0667. The highest BCUT2D eigenvalue weighted by Crippen LogP contribution is 2.23. The van der Waals surface area contributed by atoms with E-state index in [-0.39, 0.29) is 15.7 Å². The van der Waals surface area contributed by atoms with Crippen LogP contribution in [0.15, 0.2) is 53.8 Å². The lowest BCUT2D eigenvalue weighted by atomic mass is 10.3. The summed E-state index contributed by atoms with van der Waals surface area (Å²) in [5.74, 6) is 0.312. The molecule has 1 aromatic carbocycles. The van der Waals surface area contributed by atoms with Crippen LogP contribution in [0.1, 0.15) is 5.82 Å². The standard InChI is InChI=1S/C15H12ClFN4O2S/c1-10-18-7-6-14(19-10)21-8-2-3-15(21)24(22,23)20-11-4-5-13(17)12(16)9-11/h2-9,20H,1H3. The maximum Gasteiger partial charge on any atom is 0.277 e. The molecule has 0 fully saturated rings. The van der Waals surface area contributed by atoms with E-state index in [4.69, 9.17) is 11.6 Å². The minimum Gasteiger partial charge on any atom is -0.290 e. The van der Waals surface area contributed by atoms with Crippen LogP contribution in [0.3, 0.4) is 0 Å². The van der Waals surface area contributed by atoms with Crippen molar-refractivity contribution in [2.75, 3.05) is 4.72 Å². The molecular formula is C15H12ClFN4O2S. The molecule has 2 heterocycles. The summed E-state index contributed by atoms with van der Waals surface area (Å²) in [5.41, 5.74) is 0.160. The second-order valence-electron chi connectivity index (χ2n) is 4.91. The van der Waals surface area contributed by atoms with Crippen molar-refractivity contribution in [1.82, 2.24) is 14.5 Å². The van der Waals surface area contributed by atoms with Crippen LogP contribution in [-0.2, 0) is 10.0 Å². The van der Waals surface area contributed by atoms with E-state index in [1.165, 1.54) is 22.8 Å². The quantitative estimate of drug-likeness (QED) is 0.769. The molecule has 1 N–H and O–H groups in total. The van der Waals surface area contributed by atoms with Gasteiger partial charge in [-0.1, -0.05) is 11.6 Å². The van der Waals surface area contributed by atoms with Crippen LogP contribution in [0.4, 0.5) is 10.1 Å². The zero-order valence-corrected chi connectivity index (χ0v) is 14.0. The monoisotopic (exact) mass is 366 g/mol. The Kier molecular flexibility index (Phi) is 4.25. The lowest BCUT2D eigenvalue weighted by Crippen LogP contribution is -2.17. The van der Waals surface area contributed by atoms with Gasteiger partial charge in [0.25, 0.3) is 10.0 Å². The van der Waals surface area contributed by atoms with Crippen molar-refractivity contribution in [3.63, 3.8) is 0 Å². The van der Waals surface area contributed by atoms with Crippen LogP contribution >= 0.6 is 11.6 Å². The molecule has 0 amide bonds. The number of nitrogens with zero attached hydrogens (tertiary/aromatic N) is 3. The molecule has 0 unspecified atom stereocenters. The number of sulfonamides is 1. The average molecular weight is 367 g/mol. The smallest absolute Gasteiger partial charge is 0.277 e. The number of aromatic nitrogens is 3. The summed E-state index contributed by atoms with van der Waals surface area (Å²) >= 11 is 5.68. The molecule has 0 radical (unpaired) electrons. The summed E-state index contributed by atoms with van der Waals surface area (Å²) in [6, 6.07) is 8.21. The van der Waals surface area contributed by atoms with Crippen LogP contribution < -0.4 is 4.72 Å². The van der Waals surface area contributed by atoms with Crippen molar-refractivity contribution >= 4 is 27.3 Å². The molecule has 6 nitrogen and oxygen atoms in total. The molecule has 2 aromatic heterocycles. The van der Waals surface area contributed by atoms with Gasteiger partial charge in [0, 0.05) is 12.4 Å². The fourth-order valence-corrected chi connectivity index (χ4v) is 3.51. The second-order valence-corrected chi connectivity index (χ2v) is 6.95. The van der Waals surface area contributed by atoms with E-state index in [9.17, 15) is 12.8 Å².